The van der Waals surface area contributed by atoms with Crippen LogP contribution < -0.4 is 0 Å². The average Bonchev–Trinajstić information content (AvgIpc) is 2.88. The van der Waals surface area contributed by atoms with Crippen LogP contribution in [0.3, 0.4) is 0 Å². The molecule has 0 amide bonds. The van der Waals surface area contributed by atoms with Crippen molar-refractivity contribution in [1.82, 2.24) is 14.8 Å². The van der Waals surface area contributed by atoms with E-state index in [-0.39, 0.29) is 0 Å². The lowest BCUT2D eigenvalue weighted by Crippen LogP contribution is -1.95. The van der Waals surface area contributed by atoms with Gasteiger partial charge in [0, 0.05) is 23.1 Å². The lowest BCUT2D eigenvalue weighted by Gasteiger charge is -1.96. The molecule has 6 heteroatoms. The van der Waals surface area contributed by atoms with Gasteiger partial charge < -0.3 is 0 Å². The molecular formula is C10H9Cl2N3S. The van der Waals surface area contributed by atoms with Crippen molar-refractivity contribution in [2.24, 2.45) is 0 Å². The summed E-state index contributed by atoms with van der Waals surface area (Å²) >= 11 is 13.7. The lowest BCUT2D eigenvalue weighted by atomic mass is 10.2. The van der Waals surface area contributed by atoms with Gasteiger partial charge in [-0.2, -0.15) is 9.78 Å². The van der Waals surface area contributed by atoms with E-state index in [0.29, 0.717) is 17.0 Å². The number of halogens is 2. The zero-order valence-corrected chi connectivity index (χ0v) is 10.7. The Hall–Kier alpha value is -0.580. The quantitative estimate of drug-likeness (QED) is 0.801. The molecule has 0 spiro atoms. The third-order valence-electron chi connectivity index (χ3n) is 2.65. The Balaban J connectivity index is 2.12. The number of hydrogen-bond acceptors (Lipinski definition) is 3. The Morgan fingerprint density at radius 1 is 1.50 bits per heavy atom. The third-order valence-corrected chi connectivity index (χ3v) is 4.05. The van der Waals surface area contributed by atoms with Crippen molar-refractivity contribution in [2.75, 3.05) is 0 Å². The summed E-state index contributed by atoms with van der Waals surface area (Å²) in [5.41, 5.74) is 2.01. The molecular weight excluding hydrogens is 265 g/mol. The predicted octanol–water partition coefficient (Wildman–Crippen LogP) is 3.60. The molecule has 0 aliphatic heterocycles. The topological polar surface area (TPSA) is 30.7 Å². The standard InChI is InChI=1S/C10H9Cl2N3S/c11-5-7-8(6-1-2-6)14-15(9(7)12)10-13-3-4-16-10/h3-4,6H,1-2,5H2. The van der Waals surface area contributed by atoms with Crippen LogP contribution in [-0.2, 0) is 5.88 Å². The zero-order chi connectivity index (χ0) is 11.1. The van der Waals surface area contributed by atoms with E-state index >= 15 is 0 Å². The van der Waals surface area contributed by atoms with Crippen molar-refractivity contribution < 1.29 is 0 Å². The molecule has 0 N–H and O–H groups in total. The van der Waals surface area contributed by atoms with Crippen LogP contribution >= 0.6 is 34.5 Å². The maximum absolute atomic E-state index is 6.28. The van der Waals surface area contributed by atoms with Gasteiger partial charge in [-0.25, -0.2) is 4.98 Å². The summed E-state index contributed by atoms with van der Waals surface area (Å²) in [5.74, 6) is 0.961. The van der Waals surface area contributed by atoms with E-state index in [0.717, 1.165) is 16.4 Å². The Bertz CT molecular complexity index is 502. The van der Waals surface area contributed by atoms with Crippen molar-refractivity contribution in [3.05, 3.63) is 28.0 Å². The first-order chi connectivity index (χ1) is 7.81. The normalized spacial score (nSPS) is 15.6. The minimum atomic E-state index is 0.413. The second-order valence-corrected chi connectivity index (χ2v) is 5.29. The highest BCUT2D eigenvalue weighted by Crippen LogP contribution is 2.43. The molecule has 1 saturated carbocycles. The summed E-state index contributed by atoms with van der Waals surface area (Å²) in [4.78, 5) is 4.21. The summed E-state index contributed by atoms with van der Waals surface area (Å²) in [7, 11) is 0. The highest BCUT2D eigenvalue weighted by Gasteiger charge is 2.31. The lowest BCUT2D eigenvalue weighted by molar-refractivity contribution is 0.830. The van der Waals surface area contributed by atoms with Crippen LogP contribution in [0.2, 0.25) is 5.15 Å². The van der Waals surface area contributed by atoms with Crippen LogP contribution in [0, 0.1) is 0 Å². The van der Waals surface area contributed by atoms with Crippen LogP contribution in [-0.4, -0.2) is 14.8 Å². The smallest absolute Gasteiger partial charge is 0.211 e. The molecule has 3 nitrogen and oxygen atoms in total. The van der Waals surface area contributed by atoms with Gasteiger partial charge in [-0.15, -0.1) is 22.9 Å². The molecule has 0 bridgehead atoms. The first-order valence-electron chi connectivity index (χ1n) is 5.04. The van der Waals surface area contributed by atoms with Gasteiger partial charge >= 0.3 is 0 Å². The Labute approximate surface area is 107 Å². The maximum Gasteiger partial charge on any atom is 0.211 e. The molecule has 0 saturated heterocycles. The summed E-state index contributed by atoms with van der Waals surface area (Å²) in [5, 5.41) is 7.84. The highest BCUT2D eigenvalue weighted by atomic mass is 35.5. The van der Waals surface area contributed by atoms with Gasteiger partial charge in [0.1, 0.15) is 5.15 Å². The number of hydrogen-bond donors (Lipinski definition) is 0. The van der Waals surface area contributed by atoms with Crippen LogP contribution in [0.15, 0.2) is 11.6 Å². The molecule has 1 aliphatic rings. The molecule has 2 aromatic heterocycles. The predicted molar refractivity (Wildman–Crippen MR) is 65.8 cm³/mol. The van der Waals surface area contributed by atoms with Gasteiger partial charge in [0.25, 0.3) is 0 Å². The largest absolute Gasteiger partial charge is 0.227 e. The third kappa shape index (κ3) is 1.65. The second kappa shape index (κ2) is 4.02. The molecule has 0 unspecified atom stereocenters. The van der Waals surface area contributed by atoms with E-state index in [1.165, 1.54) is 24.2 Å². The van der Waals surface area contributed by atoms with Crippen molar-refractivity contribution >= 4 is 34.5 Å². The Kier molecular flexibility index (Phi) is 2.65. The summed E-state index contributed by atoms with van der Waals surface area (Å²) < 4.78 is 1.69. The molecule has 1 aliphatic carbocycles. The fourth-order valence-corrected chi connectivity index (χ4v) is 2.96. The van der Waals surface area contributed by atoms with Crippen LogP contribution in [0.1, 0.15) is 30.0 Å². The maximum atomic E-state index is 6.28. The second-order valence-electron chi connectivity index (χ2n) is 3.79. The van der Waals surface area contributed by atoms with E-state index in [9.17, 15) is 0 Å². The van der Waals surface area contributed by atoms with Crippen molar-refractivity contribution in [3.63, 3.8) is 0 Å². The van der Waals surface area contributed by atoms with Gasteiger partial charge in [0.05, 0.1) is 11.6 Å². The first-order valence-corrected chi connectivity index (χ1v) is 6.83. The van der Waals surface area contributed by atoms with Gasteiger partial charge in [0.15, 0.2) is 0 Å². The monoisotopic (exact) mass is 273 g/mol. The molecule has 1 fully saturated rings. The number of aromatic nitrogens is 3. The van der Waals surface area contributed by atoms with E-state index in [1.54, 1.807) is 10.9 Å². The van der Waals surface area contributed by atoms with Gasteiger partial charge in [-0.05, 0) is 12.8 Å². The summed E-state index contributed by atoms with van der Waals surface area (Å²) in [6.45, 7) is 0. The minimum absolute atomic E-state index is 0.413. The fourth-order valence-electron chi connectivity index (χ4n) is 1.70. The van der Waals surface area contributed by atoms with Crippen LogP contribution in [0.25, 0.3) is 5.13 Å². The minimum Gasteiger partial charge on any atom is -0.227 e. The SMILES string of the molecule is ClCc1c(C2CC2)nn(-c2nccs2)c1Cl. The van der Waals surface area contributed by atoms with E-state index < -0.39 is 0 Å². The molecule has 0 aromatic carbocycles. The molecule has 3 rings (SSSR count). The molecule has 0 radical (unpaired) electrons. The Morgan fingerprint density at radius 3 is 2.88 bits per heavy atom. The Morgan fingerprint density at radius 2 is 2.31 bits per heavy atom. The van der Waals surface area contributed by atoms with Crippen molar-refractivity contribution in [1.29, 1.82) is 0 Å². The van der Waals surface area contributed by atoms with Crippen molar-refractivity contribution in [3.8, 4) is 5.13 Å². The summed E-state index contributed by atoms with van der Waals surface area (Å²) in [6, 6.07) is 0. The first kappa shape index (κ1) is 10.6. The number of rotatable bonds is 3. The number of thiazole rings is 1. The van der Waals surface area contributed by atoms with Gasteiger partial charge in [-0.3, -0.25) is 0 Å². The fraction of sp³-hybridized carbons (Fsp3) is 0.400. The molecule has 16 heavy (non-hydrogen) atoms. The molecule has 84 valence electrons. The number of nitrogens with zero attached hydrogens (tertiary/aromatic N) is 3. The van der Waals surface area contributed by atoms with E-state index in [4.69, 9.17) is 23.2 Å². The highest BCUT2D eigenvalue weighted by molar-refractivity contribution is 7.12. The molecule has 0 atom stereocenters. The van der Waals surface area contributed by atoms with Crippen LogP contribution in [0.5, 0.6) is 0 Å². The van der Waals surface area contributed by atoms with Crippen LogP contribution in [0.4, 0.5) is 0 Å². The van der Waals surface area contributed by atoms with Crippen molar-refractivity contribution in [2.45, 2.75) is 24.6 Å². The molecule has 2 heterocycles. The number of alkyl halides is 1. The summed E-state index contributed by atoms with van der Waals surface area (Å²) in [6.07, 6.45) is 4.12. The van der Waals surface area contributed by atoms with Gasteiger partial charge in [0.2, 0.25) is 5.13 Å². The van der Waals surface area contributed by atoms with Gasteiger partial charge in [-0.1, -0.05) is 11.6 Å². The van der Waals surface area contributed by atoms with E-state index in [1.807, 2.05) is 5.38 Å². The molecule has 2 aromatic rings. The average molecular weight is 274 g/mol. The zero-order valence-electron chi connectivity index (χ0n) is 8.36. The van der Waals surface area contributed by atoms with E-state index in [2.05, 4.69) is 10.1 Å².